The van der Waals surface area contributed by atoms with Gasteiger partial charge in [0.2, 0.25) is 0 Å². The van der Waals surface area contributed by atoms with E-state index >= 15 is 0 Å². The summed E-state index contributed by atoms with van der Waals surface area (Å²) in [6.45, 7) is 8.68. The minimum atomic E-state index is -0.238. The molecule has 1 atom stereocenters. The van der Waals surface area contributed by atoms with E-state index in [1.54, 1.807) is 7.11 Å². The van der Waals surface area contributed by atoms with Crippen LogP contribution in [0.3, 0.4) is 0 Å². The quantitative estimate of drug-likeness (QED) is 0.650. The Kier molecular flexibility index (Phi) is 7.08. The van der Waals surface area contributed by atoms with Crippen LogP contribution in [0.4, 0.5) is 0 Å². The Morgan fingerprint density at radius 2 is 2.04 bits per heavy atom. The van der Waals surface area contributed by atoms with Gasteiger partial charge in [-0.1, -0.05) is 26.8 Å². The van der Waals surface area contributed by atoms with E-state index in [1.807, 2.05) is 39.0 Å². The lowest BCUT2D eigenvalue weighted by atomic mass is 10.1. The van der Waals surface area contributed by atoms with Crippen molar-refractivity contribution in [2.75, 3.05) is 13.7 Å². The molecule has 2 aromatic rings. The number of aromatic amines is 1. The molecule has 0 aliphatic carbocycles. The maximum atomic E-state index is 12.6. The molecule has 0 fully saturated rings. The molecule has 0 aliphatic rings. The third kappa shape index (κ3) is 4.58. The third-order valence-corrected chi connectivity index (χ3v) is 4.82. The molecule has 1 unspecified atom stereocenters. The van der Waals surface area contributed by atoms with Crippen LogP contribution in [0, 0.1) is 0 Å². The minimum Gasteiger partial charge on any atom is -0.493 e. The first-order chi connectivity index (χ1) is 12.4. The number of nitrogens with zero attached hydrogens (tertiary/aromatic N) is 1. The number of ether oxygens (including phenoxy) is 2. The van der Waals surface area contributed by atoms with Crippen molar-refractivity contribution < 1.29 is 14.3 Å². The summed E-state index contributed by atoms with van der Waals surface area (Å²) in [5.74, 6) is 1.36. The maximum absolute atomic E-state index is 12.6. The SMILES string of the molecule is CCCOc1ccc(C(C)NC(=O)c2n[nH]c(C(C)C)c2Br)cc1OC. The summed E-state index contributed by atoms with van der Waals surface area (Å²) >= 11 is 3.46. The smallest absolute Gasteiger partial charge is 0.273 e. The first-order valence-corrected chi connectivity index (χ1v) is 9.53. The van der Waals surface area contributed by atoms with Gasteiger partial charge in [0.15, 0.2) is 17.2 Å². The van der Waals surface area contributed by atoms with Crippen LogP contribution >= 0.6 is 15.9 Å². The Bertz CT molecular complexity index is 758. The molecule has 0 bridgehead atoms. The average molecular weight is 424 g/mol. The van der Waals surface area contributed by atoms with Gasteiger partial charge in [0.25, 0.3) is 5.91 Å². The van der Waals surface area contributed by atoms with Crippen molar-refractivity contribution in [1.29, 1.82) is 0 Å². The van der Waals surface area contributed by atoms with Crippen molar-refractivity contribution in [3.8, 4) is 11.5 Å². The minimum absolute atomic E-state index is 0.206. The van der Waals surface area contributed by atoms with Crippen LogP contribution in [-0.2, 0) is 0 Å². The Morgan fingerprint density at radius 3 is 2.62 bits per heavy atom. The number of hydrogen-bond acceptors (Lipinski definition) is 4. The fourth-order valence-electron chi connectivity index (χ4n) is 2.51. The number of amides is 1. The van der Waals surface area contributed by atoms with Crippen LogP contribution in [0.25, 0.3) is 0 Å². The summed E-state index contributed by atoms with van der Waals surface area (Å²) in [5.41, 5.74) is 2.19. The summed E-state index contributed by atoms with van der Waals surface area (Å²) in [6, 6.07) is 5.48. The number of methoxy groups -OCH3 is 1. The highest BCUT2D eigenvalue weighted by atomic mass is 79.9. The molecule has 26 heavy (non-hydrogen) atoms. The average Bonchev–Trinajstić information content (AvgIpc) is 3.01. The van der Waals surface area contributed by atoms with Crippen LogP contribution in [0.2, 0.25) is 0 Å². The molecule has 2 N–H and O–H groups in total. The Balaban J connectivity index is 2.14. The molecule has 0 saturated heterocycles. The summed E-state index contributed by atoms with van der Waals surface area (Å²) in [7, 11) is 1.61. The van der Waals surface area contributed by atoms with Crippen molar-refractivity contribution in [2.24, 2.45) is 0 Å². The lowest BCUT2D eigenvalue weighted by molar-refractivity contribution is 0.0934. The van der Waals surface area contributed by atoms with Gasteiger partial charge >= 0.3 is 0 Å². The van der Waals surface area contributed by atoms with E-state index in [1.165, 1.54) is 0 Å². The number of nitrogens with one attached hydrogen (secondary N) is 2. The standard InChI is InChI=1S/C19H26BrN3O3/c1-6-9-26-14-8-7-13(10-15(14)25-5)12(4)21-19(24)18-16(20)17(11(2)3)22-23-18/h7-8,10-12H,6,9H2,1-5H3,(H,21,24)(H,22,23). The molecule has 2 rings (SSSR count). The second-order valence-corrected chi connectivity index (χ2v) is 7.20. The Labute approximate surface area is 162 Å². The zero-order valence-corrected chi connectivity index (χ0v) is 17.4. The maximum Gasteiger partial charge on any atom is 0.273 e. The number of rotatable bonds is 8. The van der Waals surface area contributed by atoms with E-state index in [0.29, 0.717) is 28.3 Å². The van der Waals surface area contributed by atoms with Crippen LogP contribution < -0.4 is 14.8 Å². The van der Waals surface area contributed by atoms with E-state index in [2.05, 4.69) is 38.4 Å². The van der Waals surface area contributed by atoms with Gasteiger partial charge in [0, 0.05) is 0 Å². The van der Waals surface area contributed by atoms with Crippen LogP contribution in [0.5, 0.6) is 11.5 Å². The monoisotopic (exact) mass is 423 g/mol. The molecule has 7 heteroatoms. The summed E-state index contributed by atoms with van der Waals surface area (Å²) in [6.07, 6.45) is 0.925. The lowest BCUT2D eigenvalue weighted by Gasteiger charge is -2.17. The van der Waals surface area contributed by atoms with Crippen LogP contribution in [0.15, 0.2) is 22.7 Å². The van der Waals surface area contributed by atoms with Gasteiger partial charge in [-0.15, -0.1) is 0 Å². The highest BCUT2D eigenvalue weighted by Crippen LogP contribution is 2.31. The number of carbonyl (C=O) groups is 1. The third-order valence-electron chi connectivity index (χ3n) is 4.02. The number of benzene rings is 1. The molecule has 6 nitrogen and oxygen atoms in total. The van der Waals surface area contributed by atoms with Gasteiger partial charge in [-0.2, -0.15) is 5.10 Å². The van der Waals surface area contributed by atoms with Gasteiger partial charge in [0.1, 0.15) is 0 Å². The highest BCUT2D eigenvalue weighted by Gasteiger charge is 2.21. The largest absolute Gasteiger partial charge is 0.493 e. The number of halogens is 1. The predicted octanol–water partition coefficient (Wildman–Crippen LogP) is 4.58. The molecule has 0 saturated carbocycles. The van der Waals surface area contributed by atoms with Crippen LogP contribution in [-0.4, -0.2) is 29.8 Å². The molecule has 1 amide bonds. The Morgan fingerprint density at radius 1 is 1.31 bits per heavy atom. The van der Waals surface area contributed by atoms with Gasteiger partial charge in [0.05, 0.1) is 29.9 Å². The Hall–Kier alpha value is -2.02. The molecule has 0 aliphatic heterocycles. The van der Waals surface area contributed by atoms with E-state index in [0.717, 1.165) is 17.7 Å². The molecule has 1 aromatic carbocycles. The van der Waals surface area contributed by atoms with Gasteiger partial charge < -0.3 is 14.8 Å². The molecule has 0 radical (unpaired) electrons. The van der Waals surface area contributed by atoms with E-state index in [4.69, 9.17) is 9.47 Å². The molecule has 0 spiro atoms. The molecule has 1 heterocycles. The van der Waals surface area contributed by atoms with Gasteiger partial charge in [-0.25, -0.2) is 0 Å². The zero-order chi connectivity index (χ0) is 19.3. The first kappa shape index (κ1) is 20.3. The van der Waals surface area contributed by atoms with Crippen molar-refractivity contribution in [2.45, 2.75) is 46.1 Å². The summed E-state index contributed by atoms with van der Waals surface area (Å²) in [4.78, 5) is 12.6. The van der Waals surface area contributed by atoms with E-state index in [9.17, 15) is 4.79 Å². The van der Waals surface area contributed by atoms with Gasteiger partial charge in [-0.3, -0.25) is 9.89 Å². The van der Waals surface area contributed by atoms with Crippen molar-refractivity contribution >= 4 is 21.8 Å². The normalized spacial score (nSPS) is 12.1. The van der Waals surface area contributed by atoms with Crippen LogP contribution in [0.1, 0.15) is 67.8 Å². The highest BCUT2D eigenvalue weighted by molar-refractivity contribution is 9.10. The molecular formula is C19H26BrN3O3. The molecule has 1 aromatic heterocycles. The second-order valence-electron chi connectivity index (χ2n) is 6.41. The number of carbonyl (C=O) groups excluding carboxylic acids is 1. The summed E-state index contributed by atoms with van der Waals surface area (Å²) < 4.78 is 11.8. The van der Waals surface area contributed by atoms with Gasteiger partial charge in [-0.05, 0) is 52.9 Å². The topological polar surface area (TPSA) is 76.2 Å². The molecular weight excluding hydrogens is 398 g/mol. The van der Waals surface area contributed by atoms with E-state index in [-0.39, 0.29) is 17.9 Å². The molecule has 142 valence electrons. The van der Waals surface area contributed by atoms with Crippen molar-refractivity contribution in [1.82, 2.24) is 15.5 Å². The fraction of sp³-hybridized carbons (Fsp3) is 0.474. The number of H-pyrrole nitrogens is 1. The second kappa shape index (κ2) is 9.07. The van der Waals surface area contributed by atoms with Crippen molar-refractivity contribution in [3.05, 3.63) is 39.6 Å². The fourth-order valence-corrected chi connectivity index (χ4v) is 3.32. The number of hydrogen-bond donors (Lipinski definition) is 2. The predicted molar refractivity (Wildman–Crippen MR) is 105 cm³/mol. The van der Waals surface area contributed by atoms with E-state index < -0.39 is 0 Å². The van der Waals surface area contributed by atoms with Crippen molar-refractivity contribution in [3.63, 3.8) is 0 Å². The number of aromatic nitrogens is 2. The summed E-state index contributed by atoms with van der Waals surface area (Å²) in [5, 5.41) is 10.0. The lowest BCUT2D eigenvalue weighted by Crippen LogP contribution is -2.27. The first-order valence-electron chi connectivity index (χ1n) is 8.74. The zero-order valence-electron chi connectivity index (χ0n) is 15.9.